The third-order valence-corrected chi connectivity index (χ3v) is 2.67. The molecule has 1 aliphatic carbocycles. The minimum atomic E-state index is -0.177. The van der Waals surface area contributed by atoms with Crippen LogP contribution in [0.3, 0.4) is 0 Å². The molecule has 1 aliphatic rings. The summed E-state index contributed by atoms with van der Waals surface area (Å²) in [5, 5.41) is 3.09. The first-order chi connectivity index (χ1) is 7.06. The SMILES string of the molecule is CCCCC(=O)NC1(C)C=CC=C(C)C1. The van der Waals surface area contributed by atoms with Crippen molar-refractivity contribution in [2.45, 2.75) is 52.0 Å². The number of rotatable bonds is 4. The molecule has 15 heavy (non-hydrogen) atoms. The molecular formula is C13H21NO. The first-order valence-corrected chi connectivity index (χ1v) is 5.72. The van der Waals surface area contributed by atoms with Gasteiger partial charge < -0.3 is 5.32 Å². The van der Waals surface area contributed by atoms with Crippen molar-refractivity contribution in [2.75, 3.05) is 0 Å². The van der Waals surface area contributed by atoms with Crippen molar-refractivity contribution in [3.05, 3.63) is 23.8 Å². The van der Waals surface area contributed by atoms with Gasteiger partial charge in [-0.25, -0.2) is 0 Å². The van der Waals surface area contributed by atoms with Gasteiger partial charge in [0.05, 0.1) is 5.54 Å². The van der Waals surface area contributed by atoms with Gasteiger partial charge >= 0.3 is 0 Å². The molecule has 2 heteroatoms. The van der Waals surface area contributed by atoms with Crippen LogP contribution in [-0.4, -0.2) is 11.4 Å². The van der Waals surface area contributed by atoms with E-state index >= 15 is 0 Å². The lowest BCUT2D eigenvalue weighted by molar-refractivity contribution is -0.122. The average molecular weight is 207 g/mol. The Labute approximate surface area is 92.4 Å². The summed E-state index contributed by atoms with van der Waals surface area (Å²) < 4.78 is 0. The zero-order chi connectivity index (χ0) is 11.3. The molecule has 0 aliphatic heterocycles. The van der Waals surface area contributed by atoms with Gasteiger partial charge in [0, 0.05) is 6.42 Å². The zero-order valence-corrected chi connectivity index (χ0v) is 9.97. The van der Waals surface area contributed by atoms with Crippen LogP contribution in [0.1, 0.15) is 46.5 Å². The normalized spacial score (nSPS) is 24.9. The van der Waals surface area contributed by atoms with Gasteiger partial charge in [-0.15, -0.1) is 0 Å². The second-order valence-corrected chi connectivity index (χ2v) is 4.62. The second-order valence-electron chi connectivity index (χ2n) is 4.62. The van der Waals surface area contributed by atoms with Gasteiger partial charge in [-0.2, -0.15) is 0 Å². The molecule has 0 spiro atoms. The number of unbranched alkanes of at least 4 members (excludes halogenated alkanes) is 1. The van der Waals surface area contributed by atoms with E-state index in [0.717, 1.165) is 19.3 Å². The first kappa shape index (κ1) is 12.0. The maximum absolute atomic E-state index is 11.6. The molecule has 0 saturated carbocycles. The standard InChI is InChI=1S/C13H21NO/c1-4-5-8-12(15)14-13(3)9-6-7-11(2)10-13/h6-7,9H,4-5,8,10H2,1-3H3,(H,14,15). The molecule has 0 fully saturated rings. The van der Waals surface area contributed by atoms with E-state index in [1.165, 1.54) is 5.57 Å². The molecule has 0 aromatic heterocycles. The Balaban J connectivity index is 2.47. The van der Waals surface area contributed by atoms with E-state index in [9.17, 15) is 4.79 Å². The van der Waals surface area contributed by atoms with E-state index in [0.29, 0.717) is 6.42 Å². The highest BCUT2D eigenvalue weighted by Gasteiger charge is 2.24. The molecule has 1 amide bonds. The van der Waals surface area contributed by atoms with Crippen LogP contribution in [0.4, 0.5) is 0 Å². The molecule has 0 heterocycles. The van der Waals surface area contributed by atoms with Gasteiger partial charge in [-0.05, 0) is 26.7 Å². The molecule has 0 aromatic rings. The molecule has 1 N–H and O–H groups in total. The number of allylic oxidation sites excluding steroid dienone is 2. The Hall–Kier alpha value is -1.05. The summed E-state index contributed by atoms with van der Waals surface area (Å²) in [6, 6.07) is 0. The topological polar surface area (TPSA) is 29.1 Å². The summed E-state index contributed by atoms with van der Waals surface area (Å²) in [7, 11) is 0. The predicted octanol–water partition coefficient (Wildman–Crippen LogP) is 2.96. The Morgan fingerprint density at radius 1 is 1.60 bits per heavy atom. The van der Waals surface area contributed by atoms with Crippen molar-refractivity contribution in [1.82, 2.24) is 5.32 Å². The van der Waals surface area contributed by atoms with Gasteiger partial charge in [0.1, 0.15) is 0 Å². The lowest BCUT2D eigenvalue weighted by atomic mass is 9.89. The molecule has 1 unspecified atom stereocenters. The summed E-state index contributed by atoms with van der Waals surface area (Å²) >= 11 is 0. The molecule has 0 radical (unpaired) electrons. The van der Waals surface area contributed by atoms with Crippen LogP contribution < -0.4 is 5.32 Å². The molecule has 2 nitrogen and oxygen atoms in total. The molecule has 1 rings (SSSR count). The molecule has 0 saturated heterocycles. The largest absolute Gasteiger partial charge is 0.347 e. The van der Waals surface area contributed by atoms with E-state index in [4.69, 9.17) is 0 Å². The van der Waals surface area contributed by atoms with E-state index in [2.05, 4.69) is 38.2 Å². The first-order valence-electron chi connectivity index (χ1n) is 5.72. The number of amides is 1. The molecule has 1 atom stereocenters. The molecular weight excluding hydrogens is 186 g/mol. The predicted molar refractivity (Wildman–Crippen MR) is 63.6 cm³/mol. The van der Waals surface area contributed by atoms with Gasteiger partial charge in [0.25, 0.3) is 0 Å². The van der Waals surface area contributed by atoms with Crippen molar-refractivity contribution in [3.63, 3.8) is 0 Å². The number of hydrogen-bond acceptors (Lipinski definition) is 1. The highest BCUT2D eigenvalue weighted by Crippen LogP contribution is 2.22. The summed E-state index contributed by atoms with van der Waals surface area (Å²) in [6.07, 6.45) is 9.80. The summed E-state index contributed by atoms with van der Waals surface area (Å²) in [5.41, 5.74) is 1.14. The van der Waals surface area contributed by atoms with E-state index in [1.54, 1.807) is 0 Å². The van der Waals surface area contributed by atoms with Gasteiger partial charge in [-0.3, -0.25) is 4.79 Å². The lowest BCUT2D eigenvalue weighted by Crippen LogP contribution is -2.45. The average Bonchev–Trinajstić information content (AvgIpc) is 2.13. The number of carbonyl (C=O) groups excluding carboxylic acids is 1. The highest BCUT2D eigenvalue weighted by atomic mass is 16.1. The molecule has 0 bridgehead atoms. The fourth-order valence-electron chi connectivity index (χ4n) is 1.93. The van der Waals surface area contributed by atoms with Crippen molar-refractivity contribution in [1.29, 1.82) is 0 Å². The van der Waals surface area contributed by atoms with Crippen LogP contribution in [-0.2, 0) is 4.79 Å². The third kappa shape index (κ3) is 3.90. The van der Waals surface area contributed by atoms with E-state index < -0.39 is 0 Å². The number of nitrogens with one attached hydrogen (secondary N) is 1. The fraction of sp³-hybridized carbons (Fsp3) is 0.615. The fourth-order valence-corrected chi connectivity index (χ4v) is 1.93. The maximum Gasteiger partial charge on any atom is 0.220 e. The minimum Gasteiger partial charge on any atom is -0.347 e. The van der Waals surface area contributed by atoms with Gasteiger partial charge in [0.2, 0.25) is 5.91 Å². The zero-order valence-electron chi connectivity index (χ0n) is 9.97. The van der Waals surface area contributed by atoms with Crippen molar-refractivity contribution in [3.8, 4) is 0 Å². The third-order valence-electron chi connectivity index (χ3n) is 2.67. The Kier molecular flexibility index (Phi) is 4.13. The molecule has 84 valence electrons. The summed E-state index contributed by atoms with van der Waals surface area (Å²) in [6.45, 7) is 6.27. The van der Waals surface area contributed by atoms with Crippen LogP contribution in [0.5, 0.6) is 0 Å². The van der Waals surface area contributed by atoms with Crippen LogP contribution in [0, 0.1) is 0 Å². The minimum absolute atomic E-state index is 0.165. The summed E-state index contributed by atoms with van der Waals surface area (Å²) in [4.78, 5) is 11.6. The van der Waals surface area contributed by atoms with Crippen molar-refractivity contribution >= 4 is 5.91 Å². The van der Waals surface area contributed by atoms with E-state index in [-0.39, 0.29) is 11.4 Å². The summed E-state index contributed by atoms with van der Waals surface area (Å²) in [5.74, 6) is 0.165. The Bertz CT molecular complexity index is 291. The number of hydrogen-bond donors (Lipinski definition) is 1. The highest BCUT2D eigenvalue weighted by molar-refractivity contribution is 5.77. The smallest absolute Gasteiger partial charge is 0.220 e. The Morgan fingerprint density at radius 2 is 2.33 bits per heavy atom. The van der Waals surface area contributed by atoms with Crippen molar-refractivity contribution in [2.24, 2.45) is 0 Å². The quantitative estimate of drug-likeness (QED) is 0.754. The van der Waals surface area contributed by atoms with E-state index in [1.807, 2.05) is 6.08 Å². The lowest BCUT2D eigenvalue weighted by Gasteiger charge is -2.30. The monoisotopic (exact) mass is 207 g/mol. The van der Waals surface area contributed by atoms with Crippen molar-refractivity contribution < 1.29 is 4.79 Å². The molecule has 0 aromatic carbocycles. The van der Waals surface area contributed by atoms with Crippen LogP contribution in [0.15, 0.2) is 23.8 Å². The number of carbonyl (C=O) groups is 1. The van der Waals surface area contributed by atoms with Crippen LogP contribution >= 0.6 is 0 Å². The van der Waals surface area contributed by atoms with Gasteiger partial charge in [-0.1, -0.05) is 37.1 Å². The second kappa shape index (κ2) is 5.15. The maximum atomic E-state index is 11.6. The van der Waals surface area contributed by atoms with Crippen LogP contribution in [0.2, 0.25) is 0 Å². The van der Waals surface area contributed by atoms with Crippen LogP contribution in [0.25, 0.3) is 0 Å². The Morgan fingerprint density at radius 3 is 2.93 bits per heavy atom. The van der Waals surface area contributed by atoms with Gasteiger partial charge in [0.15, 0.2) is 0 Å².